The summed E-state index contributed by atoms with van der Waals surface area (Å²) in [5.41, 5.74) is 6.15. The first kappa shape index (κ1) is 16.3. The molecule has 2 nitrogen and oxygen atoms in total. The van der Waals surface area contributed by atoms with Crippen LogP contribution in [0.1, 0.15) is 29.4 Å². The van der Waals surface area contributed by atoms with Crippen LogP contribution in [0.2, 0.25) is 0 Å². The van der Waals surface area contributed by atoms with Gasteiger partial charge >= 0.3 is 0 Å². The Morgan fingerprint density at radius 1 is 1.05 bits per heavy atom. The fourth-order valence-corrected chi connectivity index (χ4v) is 2.88. The Morgan fingerprint density at radius 3 is 2.45 bits per heavy atom. The lowest BCUT2D eigenvalue weighted by atomic mass is 10.1. The molecule has 3 heteroatoms. The predicted octanol–water partition coefficient (Wildman–Crippen LogP) is 5.27. The van der Waals surface area contributed by atoms with Crippen molar-refractivity contribution in [1.29, 1.82) is 0 Å². The molecule has 0 radical (unpaired) electrons. The third-order valence-electron chi connectivity index (χ3n) is 4.12. The van der Waals surface area contributed by atoms with Crippen molar-refractivity contribution in [3.8, 4) is 0 Å². The quantitative estimate of drug-likeness (QED) is 0.644. The summed E-state index contributed by atoms with van der Waals surface area (Å²) in [6.07, 6.45) is 6.14. The molecule has 1 aromatic carbocycles. The van der Waals surface area contributed by atoms with Gasteiger partial charge in [0.2, 0.25) is 0 Å². The maximum absolute atomic E-state index is 4.58. The van der Waals surface area contributed by atoms with Gasteiger partial charge in [-0.15, -0.1) is 12.4 Å². The molecule has 0 aliphatic carbocycles. The number of hydrogen-bond donors (Lipinski definition) is 0. The van der Waals surface area contributed by atoms with Crippen LogP contribution in [0.4, 0.5) is 0 Å². The number of pyridine rings is 1. The maximum Gasteiger partial charge on any atom is 0.0872 e. The third-order valence-corrected chi connectivity index (χ3v) is 4.12. The van der Waals surface area contributed by atoms with Crippen LogP contribution in [0.15, 0.2) is 42.6 Å². The van der Waals surface area contributed by atoms with Gasteiger partial charge in [0.05, 0.1) is 11.2 Å². The molecule has 2 heterocycles. The highest BCUT2D eigenvalue weighted by molar-refractivity contribution is 5.92. The zero-order chi connectivity index (χ0) is 14.8. The largest absolute Gasteiger partial charge is 0.343 e. The van der Waals surface area contributed by atoms with Gasteiger partial charge in [-0.05, 0) is 44.0 Å². The number of aryl methyl sites for hydroxylation is 2. The first-order chi connectivity index (χ1) is 10.2. The maximum atomic E-state index is 4.58. The van der Waals surface area contributed by atoms with Crippen molar-refractivity contribution >= 4 is 35.5 Å². The molecule has 0 atom stereocenters. The minimum Gasteiger partial charge on any atom is -0.343 e. The van der Waals surface area contributed by atoms with E-state index in [1.54, 1.807) is 0 Å². The van der Waals surface area contributed by atoms with E-state index in [-0.39, 0.29) is 12.4 Å². The van der Waals surface area contributed by atoms with E-state index >= 15 is 0 Å². The Morgan fingerprint density at radius 2 is 1.77 bits per heavy atom. The summed E-state index contributed by atoms with van der Waals surface area (Å²) < 4.78 is 2.35. The van der Waals surface area contributed by atoms with E-state index in [0.717, 1.165) is 12.2 Å². The summed E-state index contributed by atoms with van der Waals surface area (Å²) in [4.78, 5) is 4.58. The predicted molar refractivity (Wildman–Crippen MR) is 97.5 cm³/mol. The van der Waals surface area contributed by atoms with Gasteiger partial charge in [-0.3, -0.25) is 4.98 Å². The minimum absolute atomic E-state index is 0. The molecule has 0 saturated carbocycles. The summed E-state index contributed by atoms with van der Waals surface area (Å²) in [5.74, 6) is 0. The molecule has 0 saturated heterocycles. The molecule has 0 aliphatic rings. The van der Waals surface area contributed by atoms with E-state index < -0.39 is 0 Å². The first-order valence-corrected chi connectivity index (χ1v) is 7.40. The molecular weight excluding hydrogens is 292 g/mol. The lowest BCUT2D eigenvalue weighted by molar-refractivity contribution is 0.764. The van der Waals surface area contributed by atoms with Crippen molar-refractivity contribution in [3.05, 3.63) is 65.1 Å². The molecule has 114 valence electrons. The summed E-state index contributed by atoms with van der Waals surface area (Å²) in [6.45, 7) is 7.52. The molecule has 0 bridgehead atoms. The van der Waals surface area contributed by atoms with Gasteiger partial charge in [-0.1, -0.05) is 36.4 Å². The lowest BCUT2D eigenvalue weighted by Gasteiger charge is -2.06. The average molecular weight is 313 g/mol. The van der Waals surface area contributed by atoms with Crippen LogP contribution in [0.5, 0.6) is 0 Å². The van der Waals surface area contributed by atoms with E-state index in [1.165, 1.54) is 27.7 Å². The van der Waals surface area contributed by atoms with E-state index in [1.807, 2.05) is 12.3 Å². The van der Waals surface area contributed by atoms with Gasteiger partial charge in [0.15, 0.2) is 0 Å². The highest BCUT2D eigenvalue weighted by Gasteiger charge is 2.12. The lowest BCUT2D eigenvalue weighted by Crippen LogP contribution is -1.98. The Labute approximate surface area is 137 Å². The van der Waals surface area contributed by atoms with Crippen LogP contribution in [-0.2, 0) is 6.54 Å². The second kappa shape index (κ2) is 6.80. The summed E-state index contributed by atoms with van der Waals surface area (Å²) in [7, 11) is 0. The molecule has 3 aromatic rings. The highest BCUT2D eigenvalue weighted by atomic mass is 35.5. The Bertz CT molecular complexity index is 801. The van der Waals surface area contributed by atoms with Crippen molar-refractivity contribution in [3.63, 3.8) is 0 Å². The van der Waals surface area contributed by atoms with Crippen molar-refractivity contribution < 1.29 is 0 Å². The number of benzene rings is 1. The highest BCUT2D eigenvalue weighted by Crippen LogP contribution is 2.27. The van der Waals surface area contributed by atoms with Gasteiger partial charge in [-0.2, -0.15) is 0 Å². The summed E-state index contributed by atoms with van der Waals surface area (Å²) >= 11 is 0. The smallest absolute Gasteiger partial charge is 0.0872 e. The Balaban J connectivity index is 0.00000176. The first-order valence-electron chi connectivity index (χ1n) is 7.40. The number of rotatable bonds is 3. The Hall–Kier alpha value is -2.06. The molecule has 0 fully saturated rings. The fraction of sp³-hybridized carbons (Fsp3) is 0.211. The van der Waals surface area contributed by atoms with Crippen molar-refractivity contribution in [1.82, 2.24) is 9.55 Å². The SMILES string of the molecule is CCn1c(C)c(C)c2ccnc(/C=C/c3ccccc3)c21.Cl. The van der Waals surface area contributed by atoms with E-state index in [2.05, 4.69) is 72.8 Å². The number of fused-ring (bicyclic) bond motifs is 1. The number of aromatic nitrogens is 2. The standard InChI is InChI=1S/C19H20N2.ClH/c1-4-21-15(3)14(2)17-12-13-20-18(19(17)21)11-10-16-8-6-5-7-9-16;/h5-13H,4H2,1-3H3;1H/b11-10+;. The van der Waals surface area contributed by atoms with Gasteiger partial charge < -0.3 is 4.57 Å². The number of halogens is 1. The molecule has 0 unspecified atom stereocenters. The van der Waals surface area contributed by atoms with Crippen molar-refractivity contribution in [2.75, 3.05) is 0 Å². The van der Waals surface area contributed by atoms with Crippen LogP contribution in [-0.4, -0.2) is 9.55 Å². The second-order valence-electron chi connectivity index (χ2n) is 5.29. The summed E-state index contributed by atoms with van der Waals surface area (Å²) in [6, 6.07) is 12.5. The van der Waals surface area contributed by atoms with Gasteiger partial charge in [0, 0.05) is 23.8 Å². The fourth-order valence-electron chi connectivity index (χ4n) is 2.88. The molecular formula is C19H21ClN2. The zero-order valence-electron chi connectivity index (χ0n) is 13.2. The molecule has 0 aliphatic heterocycles. The van der Waals surface area contributed by atoms with Crippen LogP contribution < -0.4 is 0 Å². The minimum atomic E-state index is 0. The molecule has 0 amide bonds. The van der Waals surface area contributed by atoms with Crippen LogP contribution in [0, 0.1) is 13.8 Å². The topological polar surface area (TPSA) is 17.8 Å². The van der Waals surface area contributed by atoms with Gasteiger partial charge in [0.1, 0.15) is 0 Å². The zero-order valence-corrected chi connectivity index (χ0v) is 14.0. The van der Waals surface area contributed by atoms with Crippen molar-refractivity contribution in [2.24, 2.45) is 0 Å². The number of nitrogens with zero attached hydrogens (tertiary/aromatic N) is 2. The average Bonchev–Trinajstić information content (AvgIpc) is 2.78. The normalized spacial score (nSPS) is 11.0. The van der Waals surface area contributed by atoms with Crippen molar-refractivity contribution in [2.45, 2.75) is 27.3 Å². The monoisotopic (exact) mass is 312 g/mol. The van der Waals surface area contributed by atoms with E-state index in [0.29, 0.717) is 0 Å². The van der Waals surface area contributed by atoms with Crippen LogP contribution >= 0.6 is 12.4 Å². The van der Waals surface area contributed by atoms with E-state index in [9.17, 15) is 0 Å². The molecule has 22 heavy (non-hydrogen) atoms. The van der Waals surface area contributed by atoms with E-state index in [4.69, 9.17) is 0 Å². The molecule has 2 aromatic heterocycles. The van der Waals surface area contributed by atoms with Crippen LogP contribution in [0.25, 0.3) is 23.1 Å². The third kappa shape index (κ3) is 2.79. The second-order valence-corrected chi connectivity index (χ2v) is 5.29. The van der Waals surface area contributed by atoms with Gasteiger partial charge in [0.25, 0.3) is 0 Å². The van der Waals surface area contributed by atoms with Crippen LogP contribution in [0.3, 0.4) is 0 Å². The number of hydrogen-bond acceptors (Lipinski definition) is 1. The molecule has 3 rings (SSSR count). The molecule has 0 N–H and O–H groups in total. The Kier molecular flexibility index (Phi) is 5.04. The van der Waals surface area contributed by atoms with Gasteiger partial charge in [-0.25, -0.2) is 0 Å². The molecule has 0 spiro atoms. The summed E-state index contributed by atoms with van der Waals surface area (Å²) in [5, 5.41) is 1.30.